The summed E-state index contributed by atoms with van der Waals surface area (Å²) >= 11 is 0. The standard InChI is InChI=1S/C48H89NO7/c1-6-8-10-12-14-16-18-20-22-23-24-25-27-28-30-32-34-36-38-46(50)55-43-44(42-54-41-40-45(48(52)53)49(3,4)5)56-47(51)39-37-35-33-31-29-26-21-19-17-15-13-11-9-7-2/h22-25,44-45H,6-21,26-43H2,1-5H3/p+1/b23-22+,25-24+. The highest BCUT2D eigenvalue weighted by molar-refractivity contribution is 5.72. The van der Waals surface area contributed by atoms with E-state index in [-0.39, 0.29) is 36.2 Å². The van der Waals surface area contributed by atoms with Crippen LogP contribution in [0.15, 0.2) is 24.3 Å². The van der Waals surface area contributed by atoms with Crippen LogP contribution in [0.25, 0.3) is 0 Å². The molecule has 0 aromatic heterocycles. The molecule has 0 saturated heterocycles. The molecule has 56 heavy (non-hydrogen) atoms. The molecule has 2 atom stereocenters. The molecule has 0 rings (SSSR count). The number of likely N-dealkylation sites (N-methyl/N-ethyl adjacent to an activating group) is 1. The predicted molar refractivity (Wildman–Crippen MR) is 234 cm³/mol. The number of carbonyl (C=O) groups is 3. The fourth-order valence-corrected chi connectivity index (χ4v) is 6.97. The smallest absolute Gasteiger partial charge is 0.362 e. The summed E-state index contributed by atoms with van der Waals surface area (Å²) in [6, 6.07) is -0.614. The molecule has 0 aliphatic heterocycles. The summed E-state index contributed by atoms with van der Waals surface area (Å²) in [6.07, 6.45) is 43.6. The third-order valence-electron chi connectivity index (χ3n) is 10.6. The van der Waals surface area contributed by atoms with Crippen LogP contribution in [0, 0.1) is 0 Å². The zero-order valence-corrected chi connectivity index (χ0v) is 37.3. The summed E-state index contributed by atoms with van der Waals surface area (Å²) in [7, 11) is 5.53. The van der Waals surface area contributed by atoms with Crippen molar-refractivity contribution in [1.29, 1.82) is 0 Å². The first-order valence-corrected chi connectivity index (χ1v) is 23.4. The van der Waals surface area contributed by atoms with Crippen LogP contribution in [0.4, 0.5) is 0 Å². The highest BCUT2D eigenvalue weighted by Crippen LogP contribution is 2.15. The third kappa shape index (κ3) is 37.4. The topological polar surface area (TPSA) is 99.1 Å². The predicted octanol–water partition coefficient (Wildman–Crippen LogP) is 12.9. The Balaban J connectivity index is 4.31. The Hall–Kier alpha value is -2.19. The molecule has 8 heteroatoms. The van der Waals surface area contributed by atoms with Gasteiger partial charge in [0.2, 0.25) is 0 Å². The van der Waals surface area contributed by atoms with Crippen LogP contribution >= 0.6 is 0 Å². The summed E-state index contributed by atoms with van der Waals surface area (Å²) in [5, 5.41) is 9.62. The summed E-state index contributed by atoms with van der Waals surface area (Å²) in [5.41, 5.74) is 0. The van der Waals surface area contributed by atoms with Crippen LogP contribution in [0.2, 0.25) is 0 Å². The van der Waals surface area contributed by atoms with Gasteiger partial charge < -0.3 is 23.8 Å². The largest absolute Gasteiger partial charge is 0.477 e. The highest BCUT2D eigenvalue weighted by Gasteiger charge is 2.31. The number of aliphatic carboxylic acids is 1. The van der Waals surface area contributed by atoms with Gasteiger partial charge in [-0.05, 0) is 38.5 Å². The summed E-state index contributed by atoms with van der Waals surface area (Å²) in [6.45, 7) is 4.74. The number of carboxylic acids is 1. The molecule has 2 unspecified atom stereocenters. The minimum Gasteiger partial charge on any atom is -0.477 e. The fourth-order valence-electron chi connectivity index (χ4n) is 6.97. The third-order valence-corrected chi connectivity index (χ3v) is 10.6. The second kappa shape index (κ2) is 39.6. The Bertz CT molecular complexity index is 973. The number of quaternary nitrogens is 1. The van der Waals surface area contributed by atoms with Gasteiger partial charge >= 0.3 is 17.9 Å². The number of esters is 2. The average molecular weight is 793 g/mol. The van der Waals surface area contributed by atoms with Gasteiger partial charge in [-0.3, -0.25) is 9.59 Å². The molecule has 0 aliphatic carbocycles. The SMILES string of the molecule is CCCCCCCCC/C=C/C=C/CCCCCCCC(=O)OCC(COCCC(C(=O)O)[N+](C)(C)C)OC(=O)CCCCCCCCCCCCCCCC. The van der Waals surface area contributed by atoms with E-state index in [9.17, 15) is 19.5 Å². The molecule has 0 aromatic carbocycles. The van der Waals surface area contributed by atoms with E-state index < -0.39 is 18.1 Å². The molecule has 0 heterocycles. The minimum absolute atomic E-state index is 0.0547. The van der Waals surface area contributed by atoms with Gasteiger partial charge in [0.05, 0.1) is 34.4 Å². The van der Waals surface area contributed by atoms with Crippen molar-refractivity contribution in [3.63, 3.8) is 0 Å². The average Bonchev–Trinajstić information content (AvgIpc) is 3.15. The summed E-state index contributed by atoms with van der Waals surface area (Å²) in [5.74, 6) is -1.47. The van der Waals surface area contributed by atoms with Crippen molar-refractivity contribution in [2.45, 2.75) is 225 Å². The monoisotopic (exact) mass is 793 g/mol. The van der Waals surface area contributed by atoms with Crippen molar-refractivity contribution in [2.24, 2.45) is 0 Å². The summed E-state index contributed by atoms with van der Waals surface area (Å²) < 4.78 is 17.3. The van der Waals surface area contributed by atoms with Crippen molar-refractivity contribution in [1.82, 2.24) is 0 Å². The van der Waals surface area contributed by atoms with Gasteiger partial charge in [0, 0.05) is 19.3 Å². The van der Waals surface area contributed by atoms with Crippen LogP contribution in [0.3, 0.4) is 0 Å². The molecule has 0 spiro atoms. The van der Waals surface area contributed by atoms with Gasteiger partial charge in [-0.2, -0.15) is 0 Å². The number of allylic oxidation sites excluding steroid dienone is 4. The second-order valence-electron chi connectivity index (χ2n) is 17.0. The maximum Gasteiger partial charge on any atom is 0.362 e. The number of hydrogen-bond acceptors (Lipinski definition) is 6. The van der Waals surface area contributed by atoms with Gasteiger partial charge in [-0.15, -0.1) is 0 Å². The molecule has 0 fully saturated rings. The number of rotatable bonds is 42. The van der Waals surface area contributed by atoms with E-state index in [1.165, 1.54) is 122 Å². The van der Waals surface area contributed by atoms with Crippen molar-refractivity contribution in [3.05, 3.63) is 24.3 Å². The first-order chi connectivity index (χ1) is 27.1. The van der Waals surface area contributed by atoms with Crippen molar-refractivity contribution in [2.75, 3.05) is 41.0 Å². The molecule has 328 valence electrons. The highest BCUT2D eigenvalue weighted by atomic mass is 16.6. The first-order valence-electron chi connectivity index (χ1n) is 23.4. The maximum absolute atomic E-state index is 12.7. The van der Waals surface area contributed by atoms with Gasteiger partial charge in [-0.1, -0.05) is 179 Å². The molecule has 0 amide bonds. The van der Waals surface area contributed by atoms with Gasteiger partial charge in [0.15, 0.2) is 12.1 Å². The number of nitrogens with zero attached hydrogens (tertiary/aromatic N) is 1. The Morgan fingerprint density at radius 2 is 0.929 bits per heavy atom. The molecule has 0 aliphatic rings. The van der Waals surface area contributed by atoms with E-state index in [4.69, 9.17) is 14.2 Å². The number of carboxylic acid groups (broad SMARTS) is 1. The first kappa shape index (κ1) is 53.8. The Morgan fingerprint density at radius 3 is 1.34 bits per heavy atom. The minimum atomic E-state index is -0.875. The van der Waals surface area contributed by atoms with Crippen LogP contribution < -0.4 is 0 Å². The van der Waals surface area contributed by atoms with Crippen molar-refractivity contribution < 1.29 is 38.2 Å². The van der Waals surface area contributed by atoms with Crippen LogP contribution in [0.5, 0.6) is 0 Å². The van der Waals surface area contributed by atoms with E-state index in [0.29, 0.717) is 19.3 Å². The number of carbonyl (C=O) groups excluding carboxylic acids is 2. The van der Waals surface area contributed by atoms with Crippen LogP contribution in [-0.4, -0.2) is 80.6 Å². The quantitative estimate of drug-likeness (QED) is 0.0284. The molecular weight excluding hydrogens is 703 g/mol. The molecule has 0 saturated carbocycles. The van der Waals surface area contributed by atoms with Gasteiger partial charge in [0.1, 0.15) is 6.61 Å². The van der Waals surface area contributed by atoms with E-state index in [1.54, 1.807) is 0 Å². The lowest BCUT2D eigenvalue weighted by Crippen LogP contribution is -2.50. The van der Waals surface area contributed by atoms with Crippen LogP contribution in [-0.2, 0) is 28.6 Å². The van der Waals surface area contributed by atoms with E-state index in [2.05, 4.69) is 38.2 Å². The molecule has 0 aromatic rings. The zero-order chi connectivity index (χ0) is 41.4. The van der Waals surface area contributed by atoms with E-state index in [1.807, 2.05) is 21.1 Å². The molecule has 1 N–H and O–H groups in total. The van der Waals surface area contributed by atoms with Crippen molar-refractivity contribution in [3.8, 4) is 0 Å². The molecule has 0 radical (unpaired) electrons. The normalized spacial score (nSPS) is 13.1. The Morgan fingerprint density at radius 1 is 0.536 bits per heavy atom. The molecule has 8 nitrogen and oxygen atoms in total. The lowest BCUT2D eigenvalue weighted by atomic mass is 10.0. The molecular formula is C48H90NO7+. The van der Waals surface area contributed by atoms with Crippen LogP contribution in [0.1, 0.15) is 213 Å². The zero-order valence-electron chi connectivity index (χ0n) is 37.3. The van der Waals surface area contributed by atoms with E-state index in [0.717, 1.165) is 57.8 Å². The Kier molecular flexibility index (Phi) is 38.1. The maximum atomic E-state index is 12.7. The van der Waals surface area contributed by atoms with Gasteiger partial charge in [-0.25, -0.2) is 4.79 Å². The molecule has 0 bridgehead atoms. The lowest BCUT2D eigenvalue weighted by Gasteiger charge is -2.31. The van der Waals surface area contributed by atoms with Crippen molar-refractivity contribution >= 4 is 17.9 Å². The summed E-state index contributed by atoms with van der Waals surface area (Å²) in [4.78, 5) is 37.0. The number of ether oxygens (including phenoxy) is 3. The lowest BCUT2D eigenvalue weighted by molar-refractivity contribution is -0.887. The second-order valence-corrected chi connectivity index (χ2v) is 17.0. The Labute approximate surface area is 345 Å². The fraction of sp³-hybridized carbons (Fsp3) is 0.854. The number of hydrogen-bond donors (Lipinski definition) is 1. The van der Waals surface area contributed by atoms with Gasteiger partial charge in [0.25, 0.3) is 0 Å². The van der Waals surface area contributed by atoms with E-state index >= 15 is 0 Å². The number of unbranched alkanes of at least 4 members (excludes halogenated alkanes) is 25.